The number of hydrogen-bond acceptors (Lipinski definition) is 3. The highest BCUT2D eigenvalue weighted by Gasteiger charge is 2.09. The van der Waals surface area contributed by atoms with E-state index in [1.54, 1.807) is 18.2 Å². The Bertz CT molecular complexity index is 410. The van der Waals surface area contributed by atoms with Gasteiger partial charge in [-0.05, 0) is 37.0 Å². The summed E-state index contributed by atoms with van der Waals surface area (Å²) in [7, 11) is 0. The number of aliphatic hydroxyl groups is 1. The summed E-state index contributed by atoms with van der Waals surface area (Å²) in [5.74, 6) is 0.122. The van der Waals surface area contributed by atoms with Crippen molar-refractivity contribution in [3.63, 3.8) is 0 Å². The molecule has 5 heteroatoms. The monoisotopic (exact) mass is 314 g/mol. The summed E-state index contributed by atoms with van der Waals surface area (Å²) in [6.07, 6.45) is 1.75. The molecule has 0 bridgehead atoms. The van der Waals surface area contributed by atoms with Crippen molar-refractivity contribution in [3.8, 4) is 0 Å². The van der Waals surface area contributed by atoms with Crippen molar-refractivity contribution in [1.29, 1.82) is 0 Å². The summed E-state index contributed by atoms with van der Waals surface area (Å²) in [5, 5.41) is 11.7. The molecule has 0 fully saturated rings. The average molecular weight is 315 g/mol. The quantitative estimate of drug-likeness (QED) is 0.556. The molecule has 0 aliphatic heterocycles. The van der Waals surface area contributed by atoms with E-state index < -0.39 is 0 Å². The van der Waals surface area contributed by atoms with E-state index in [2.05, 4.69) is 21.2 Å². The van der Waals surface area contributed by atoms with Crippen LogP contribution in [-0.2, 0) is 0 Å². The summed E-state index contributed by atoms with van der Waals surface area (Å²) in [6, 6.07) is 5.20. The molecule has 1 amide bonds. The number of rotatable bonds is 6. The highest BCUT2D eigenvalue weighted by atomic mass is 79.9. The first-order valence-electron chi connectivity index (χ1n) is 5.98. The molecule has 0 saturated heterocycles. The Labute approximate surface area is 116 Å². The average Bonchev–Trinajstić information content (AvgIpc) is 2.34. The van der Waals surface area contributed by atoms with Gasteiger partial charge in [0.05, 0.1) is 5.56 Å². The SMILES string of the molecule is CC(CO)CCCNC(=O)c1ccc(Br)cc1N. The molecule has 0 aliphatic rings. The molecule has 0 heterocycles. The van der Waals surface area contributed by atoms with Gasteiger partial charge in [-0.25, -0.2) is 0 Å². The first-order chi connectivity index (χ1) is 8.54. The van der Waals surface area contributed by atoms with Gasteiger partial charge in [0.1, 0.15) is 0 Å². The molecule has 0 saturated carbocycles. The Morgan fingerprint density at radius 3 is 2.89 bits per heavy atom. The number of hydrogen-bond donors (Lipinski definition) is 3. The topological polar surface area (TPSA) is 75.3 Å². The van der Waals surface area contributed by atoms with Crippen LogP contribution in [0.15, 0.2) is 22.7 Å². The number of halogens is 1. The summed E-state index contributed by atoms with van der Waals surface area (Å²) >= 11 is 3.30. The highest BCUT2D eigenvalue weighted by Crippen LogP contribution is 2.18. The van der Waals surface area contributed by atoms with Crippen LogP contribution in [0, 0.1) is 5.92 Å². The zero-order chi connectivity index (χ0) is 13.5. The van der Waals surface area contributed by atoms with Gasteiger partial charge < -0.3 is 16.2 Å². The smallest absolute Gasteiger partial charge is 0.253 e. The van der Waals surface area contributed by atoms with Crippen LogP contribution >= 0.6 is 15.9 Å². The first kappa shape index (κ1) is 15.0. The molecule has 1 rings (SSSR count). The molecule has 0 spiro atoms. The van der Waals surface area contributed by atoms with Crippen molar-refractivity contribution < 1.29 is 9.90 Å². The normalized spacial score (nSPS) is 12.2. The second-order valence-corrected chi connectivity index (χ2v) is 5.33. The fourth-order valence-corrected chi connectivity index (χ4v) is 1.96. The summed E-state index contributed by atoms with van der Waals surface area (Å²) in [4.78, 5) is 11.8. The number of carbonyl (C=O) groups excluding carboxylic acids is 1. The molecular formula is C13H19BrN2O2. The van der Waals surface area contributed by atoms with Gasteiger partial charge in [0.25, 0.3) is 5.91 Å². The lowest BCUT2D eigenvalue weighted by Gasteiger charge is -2.09. The minimum absolute atomic E-state index is 0.156. The van der Waals surface area contributed by atoms with Crippen LogP contribution in [-0.4, -0.2) is 24.2 Å². The molecule has 1 aromatic carbocycles. The lowest BCUT2D eigenvalue weighted by atomic mass is 10.1. The molecular weight excluding hydrogens is 296 g/mol. The van der Waals surface area contributed by atoms with Gasteiger partial charge in [-0.1, -0.05) is 22.9 Å². The largest absolute Gasteiger partial charge is 0.398 e. The van der Waals surface area contributed by atoms with Gasteiger partial charge in [0, 0.05) is 23.3 Å². The second kappa shape index (κ2) is 7.38. The van der Waals surface area contributed by atoms with Gasteiger partial charge in [-0.2, -0.15) is 0 Å². The number of benzene rings is 1. The highest BCUT2D eigenvalue weighted by molar-refractivity contribution is 9.10. The number of amides is 1. The zero-order valence-electron chi connectivity index (χ0n) is 10.4. The third-order valence-electron chi connectivity index (χ3n) is 2.73. The molecule has 0 aliphatic carbocycles. The summed E-state index contributed by atoms with van der Waals surface area (Å²) in [6.45, 7) is 2.76. The fourth-order valence-electron chi connectivity index (χ4n) is 1.58. The lowest BCUT2D eigenvalue weighted by molar-refractivity contribution is 0.0953. The van der Waals surface area contributed by atoms with Crippen LogP contribution in [0.1, 0.15) is 30.1 Å². The maximum Gasteiger partial charge on any atom is 0.253 e. The van der Waals surface area contributed by atoms with Crippen molar-refractivity contribution in [1.82, 2.24) is 5.32 Å². The Hall–Kier alpha value is -1.07. The molecule has 18 heavy (non-hydrogen) atoms. The predicted molar refractivity (Wildman–Crippen MR) is 76.4 cm³/mol. The molecule has 1 unspecified atom stereocenters. The summed E-state index contributed by atoms with van der Waals surface area (Å²) in [5.41, 5.74) is 6.73. The predicted octanol–water partition coefficient (Wildman–Crippen LogP) is 2.17. The minimum Gasteiger partial charge on any atom is -0.398 e. The third-order valence-corrected chi connectivity index (χ3v) is 3.22. The minimum atomic E-state index is -0.156. The van der Waals surface area contributed by atoms with Crippen molar-refractivity contribution in [2.75, 3.05) is 18.9 Å². The third kappa shape index (κ3) is 4.66. The van der Waals surface area contributed by atoms with Crippen molar-refractivity contribution >= 4 is 27.5 Å². The molecule has 0 radical (unpaired) electrons. The van der Waals surface area contributed by atoms with E-state index in [4.69, 9.17) is 10.8 Å². The zero-order valence-corrected chi connectivity index (χ0v) is 12.0. The van der Waals surface area contributed by atoms with Crippen LogP contribution in [0.2, 0.25) is 0 Å². The van der Waals surface area contributed by atoms with E-state index >= 15 is 0 Å². The number of aliphatic hydroxyl groups excluding tert-OH is 1. The van der Waals surface area contributed by atoms with Crippen LogP contribution in [0.5, 0.6) is 0 Å². The number of carbonyl (C=O) groups is 1. The Morgan fingerprint density at radius 2 is 2.28 bits per heavy atom. The van der Waals surface area contributed by atoms with Gasteiger partial charge >= 0.3 is 0 Å². The van der Waals surface area contributed by atoms with Crippen LogP contribution in [0.4, 0.5) is 5.69 Å². The maximum absolute atomic E-state index is 11.8. The van der Waals surface area contributed by atoms with Crippen LogP contribution in [0.3, 0.4) is 0 Å². The van der Waals surface area contributed by atoms with E-state index in [9.17, 15) is 4.79 Å². The van der Waals surface area contributed by atoms with Gasteiger partial charge in [0.2, 0.25) is 0 Å². The molecule has 4 N–H and O–H groups in total. The van der Waals surface area contributed by atoms with E-state index in [0.717, 1.165) is 17.3 Å². The van der Waals surface area contributed by atoms with E-state index in [-0.39, 0.29) is 18.4 Å². The lowest BCUT2D eigenvalue weighted by Crippen LogP contribution is -2.25. The van der Waals surface area contributed by atoms with Crippen LogP contribution in [0.25, 0.3) is 0 Å². The van der Waals surface area contributed by atoms with Crippen molar-refractivity contribution in [2.24, 2.45) is 5.92 Å². The van der Waals surface area contributed by atoms with Crippen molar-refractivity contribution in [2.45, 2.75) is 19.8 Å². The number of nitrogens with one attached hydrogen (secondary N) is 1. The summed E-state index contributed by atoms with van der Waals surface area (Å²) < 4.78 is 0.855. The molecule has 1 aromatic rings. The number of anilines is 1. The van der Waals surface area contributed by atoms with Crippen molar-refractivity contribution in [3.05, 3.63) is 28.2 Å². The molecule has 0 aromatic heterocycles. The van der Waals surface area contributed by atoms with Crippen LogP contribution < -0.4 is 11.1 Å². The Balaban J connectivity index is 2.41. The second-order valence-electron chi connectivity index (χ2n) is 4.42. The number of nitrogens with two attached hydrogens (primary N) is 1. The van der Waals surface area contributed by atoms with E-state index in [0.29, 0.717) is 17.8 Å². The number of nitrogen functional groups attached to an aromatic ring is 1. The molecule has 1 atom stereocenters. The van der Waals surface area contributed by atoms with E-state index in [1.807, 2.05) is 6.92 Å². The fraction of sp³-hybridized carbons (Fsp3) is 0.462. The van der Waals surface area contributed by atoms with Gasteiger partial charge in [-0.3, -0.25) is 4.79 Å². The maximum atomic E-state index is 11.8. The van der Waals surface area contributed by atoms with Gasteiger partial charge in [0.15, 0.2) is 0 Å². The standard InChI is InChI=1S/C13H19BrN2O2/c1-9(8-17)3-2-6-16-13(18)11-5-4-10(14)7-12(11)15/h4-5,7,9,17H,2-3,6,8,15H2,1H3,(H,16,18). The molecule has 4 nitrogen and oxygen atoms in total. The Morgan fingerprint density at radius 1 is 1.56 bits per heavy atom. The first-order valence-corrected chi connectivity index (χ1v) is 6.78. The van der Waals surface area contributed by atoms with Gasteiger partial charge in [-0.15, -0.1) is 0 Å². The molecule has 100 valence electrons. The van der Waals surface area contributed by atoms with E-state index in [1.165, 1.54) is 0 Å². The Kier molecular flexibility index (Phi) is 6.15.